The highest BCUT2D eigenvalue weighted by atomic mass is 79.9. The van der Waals surface area contributed by atoms with Gasteiger partial charge < -0.3 is 26.2 Å². The maximum atomic E-state index is 14.3. The van der Waals surface area contributed by atoms with Crippen LogP contribution < -0.4 is 31.1 Å². The number of nitrogens with two attached hydrogens (primary N) is 1. The number of hydrogen-bond acceptors (Lipinski definition) is 12. The molecule has 3 aromatic carbocycles. The van der Waals surface area contributed by atoms with E-state index >= 15 is 0 Å². The number of aliphatic hydroxyl groups is 1. The number of hydrogen-bond donors (Lipinski definition) is 6. The molecule has 1 saturated carbocycles. The number of nitrogens with one attached hydrogen (secondary N) is 4. The normalized spacial score (nSPS) is 21.1. The van der Waals surface area contributed by atoms with Crippen LogP contribution in [0.25, 0.3) is 0 Å². The molecule has 0 bridgehead atoms. The molecule has 16 nitrogen and oxygen atoms in total. The minimum atomic E-state index is -3.90. The quantitative estimate of drug-likeness (QED) is 0.110. The molecule has 2 atom stereocenters. The van der Waals surface area contributed by atoms with Crippen LogP contribution in [0.3, 0.4) is 0 Å². The van der Waals surface area contributed by atoms with Gasteiger partial charge in [-0.1, -0.05) is 18.2 Å². The largest absolute Gasteiger partial charge is 0.490 e. The van der Waals surface area contributed by atoms with Crippen LogP contribution in [-0.4, -0.2) is 70.2 Å². The van der Waals surface area contributed by atoms with Crippen LogP contribution in [0.2, 0.25) is 0 Å². The predicted octanol–water partition coefficient (Wildman–Crippen LogP) is 4.97. The van der Waals surface area contributed by atoms with Crippen molar-refractivity contribution in [2.75, 3.05) is 10.6 Å². The van der Waals surface area contributed by atoms with E-state index in [0.29, 0.717) is 65.6 Å². The Balaban J connectivity index is 0.956. The van der Waals surface area contributed by atoms with E-state index in [-0.39, 0.29) is 58.5 Å². The second kappa shape index (κ2) is 16.8. The number of piperidine rings is 1. The van der Waals surface area contributed by atoms with Crippen molar-refractivity contribution in [1.82, 2.24) is 24.9 Å². The van der Waals surface area contributed by atoms with Crippen molar-refractivity contribution >= 4 is 72.7 Å². The third kappa shape index (κ3) is 8.52. The summed E-state index contributed by atoms with van der Waals surface area (Å²) in [5, 5.41) is 19.2. The van der Waals surface area contributed by atoms with Crippen molar-refractivity contribution in [3.8, 4) is 5.75 Å². The van der Waals surface area contributed by atoms with E-state index in [2.05, 4.69) is 46.6 Å². The Labute approximate surface area is 341 Å². The number of amides is 4. The lowest BCUT2D eigenvalue weighted by Gasteiger charge is -2.31. The second-order valence-electron chi connectivity index (χ2n) is 14.3. The lowest BCUT2D eigenvalue weighted by molar-refractivity contribution is -0.139. The Morgan fingerprint density at radius 2 is 1.76 bits per heavy atom. The molecule has 2 unspecified atom stereocenters. The van der Waals surface area contributed by atoms with Gasteiger partial charge in [0, 0.05) is 29.9 Å². The number of sulfonamides is 1. The van der Waals surface area contributed by atoms with Gasteiger partial charge in [-0.15, -0.1) is 0 Å². The van der Waals surface area contributed by atoms with Crippen molar-refractivity contribution < 1.29 is 41.8 Å². The number of aromatic nitrogens is 2. The van der Waals surface area contributed by atoms with E-state index in [4.69, 9.17) is 10.5 Å². The molecule has 2 aliphatic heterocycles. The van der Waals surface area contributed by atoms with E-state index in [1.165, 1.54) is 24.4 Å². The highest BCUT2D eigenvalue weighted by Crippen LogP contribution is 2.40. The summed E-state index contributed by atoms with van der Waals surface area (Å²) in [6.45, 7) is 1.74. The van der Waals surface area contributed by atoms with Crippen LogP contribution in [0, 0.1) is 12.7 Å². The third-order valence-corrected chi connectivity index (χ3v) is 12.5. The summed E-state index contributed by atoms with van der Waals surface area (Å²) in [6, 6.07) is 12.3. The first kappa shape index (κ1) is 40.7. The molecule has 4 aromatic rings. The van der Waals surface area contributed by atoms with Gasteiger partial charge >= 0.3 is 0 Å². The fourth-order valence-corrected chi connectivity index (χ4v) is 9.18. The fraction of sp³-hybridized carbons (Fsp3) is 0.333. The Hall–Kier alpha value is -5.50. The summed E-state index contributed by atoms with van der Waals surface area (Å²) in [6.07, 6.45) is 3.59. The molecular weight excluding hydrogens is 839 g/mol. The van der Waals surface area contributed by atoms with Crippen molar-refractivity contribution in [2.45, 2.75) is 87.6 Å². The molecule has 7 rings (SSSR count). The minimum absolute atomic E-state index is 0.0591. The molecule has 3 heterocycles. The fourth-order valence-electron chi connectivity index (χ4n) is 7.50. The summed E-state index contributed by atoms with van der Waals surface area (Å²) in [5.74, 6) is -2.66. The van der Waals surface area contributed by atoms with Gasteiger partial charge in [-0.25, -0.2) is 22.5 Å². The molecule has 2 fully saturated rings. The van der Waals surface area contributed by atoms with E-state index in [1.807, 2.05) is 0 Å². The number of ether oxygens (including phenoxy) is 1. The van der Waals surface area contributed by atoms with Crippen molar-refractivity contribution in [1.29, 1.82) is 0 Å². The molecule has 0 spiro atoms. The maximum Gasteiger partial charge on any atom is 0.261 e. The Bertz CT molecular complexity index is 2410. The lowest BCUT2D eigenvalue weighted by atomic mass is 9.95. The van der Waals surface area contributed by atoms with Crippen LogP contribution in [-0.2, 0) is 19.6 Å². The molecule has 58 heavy (non-hydrogen) atoms. The smallest absolute Gasteiger partial charge is 0.261 e. The number of fused-ring (bicyclic) bond motifs is 1. The Morgan fingerprint density at radius 1 is 1.02 bits per heavy atom. The summed E-state index contributed by atoms with van der Waals surface area (Å²) < 4.78 is 51.1. The number of nitrogens with zero attached hydrogens (tertiary/aromatic N) is 3. The summed E-state index contributed by atoms with van der Waals surface area (Å²) in [7, 11) is -3.90. The van der Waals surface area contributed by atoms with Crippen molar-refractivity contribution in [3.63, 3.8) is 0 Å². The van der Waals surface area contributed by atoms with E-state index < -0.39 is 51.7 Å². The number of rotatable bonds is 11. The SMILES string of the molecule is Cc1cc(S(=O)(=O)NC2CCCC(Oc3cccc4c3C(=O)N(C3CCC(=O)NC3=O)C4O)CCC2)ccc1Nc1ncc(Br)c(Nc2cccc(F)c2C(N)=O)n1. The predicted molar refractivity (Wildman–Crippen MR) is 212 cm³/mol. The van der Waals surface area contributed by atoms with Gasteiger partial charge in [0.2, 0.25) is 27.8 Å². The second-order valence-corrected chi connectivity index (χ2v) is 16.9. The molecule has 1 aliphatic carbocycles. The molecule has 4 amide bonds. The van der Waals surface area contributed by atoms with Gasteiger partial charge in [-0.2, -0.15) is 4.98 Å². The number of aliphatic hydroxyl groups excluding tert-OH is 1. The van der Waals surface area contributed by atoms with Crippen LogP contribution in [0.5, 0.6) is 5.75 Å². The van der Waals surface area contributed by atoms with E-state index in [0.717, 1.165) is 11.0 Å². The first-order chi connectivity index (χ1) is 27.7. The zero-order valence-electron chi connectivity index (χ0n) is 31.1. The number of carbonyl (C=O) groups is 4. The molecule has 0 radical (unpaired) electrons. The highest BCUT2D eigenvalue weighted by molar-refractivity contribution is 9.10. The van der Waals surface area contributed by atoms with Gasteiger partial charge in [0.05, 0.1) is 32.3 Å². The number of halogens is 2. The van der Waals surface area contributed by atoms with Crippen molar-refractivity contribution in [3.05, 3.63) is 93.3 Å². The number of primary amides is 1. The zero-order chi connectivity index (χ0) is 41.3. The maximum absolute atomic E-state index is 14.3. The number of benzene rings is 3. The standard InChI is InChI=1S/C39H40BrFN8O8S/c1-20-18-23(14-15-27(20)45-39-43-19-25(40)35(47-39)44-28-12-5-11-26(41)33(28)34(42)51)58(55,56)48-21-6-2-8-22(9-3-7-21)57-30-13-4-10-24-32(30)38(54)49(37(24)53)29-16-17-31(50)46-36(29)52/h4-5,10-15,18-19,21-22,29,37,48,53H,2-3,6-9,16-17H2,1H3,(H2,42,51)(H,46,50,52)(H2,43,44,45,47). The monoisotopic (exact) mass is 878 g/mol. The Kier molecular flexibility index (Phi) is 11.8. The molecule has 7 N–H and O–H groups in total. The van der Waals surface area contributed by atoms with Crippen LogP contribution in [0.1, 0.15) is 89.4 Å². The molecule has 19 heteroatoms. The number of anilines is 4. The van der Waals surface area contributed by atoms with E-state index in [9.17, 15) is 37.1 Å². The Morgan fingerprint density at radius 3 is 2.47 bits per heavy atom. The van der Waals surface area contributed by atoms with Gasteiger partial charge in [-0.05, 0) is 110 Å². The van der Waals surface area contributed by atoms with Crippen LogP contribution in [0.4, 0.5) is 27.5 Å². The van der Waals surface area contributed by atoms with Gasteiger partial charge in [-0.3, -0.25) is 29.4 Å². The summed E-state index contributed by atoms with van der Waals surface area (Å²) >= 11 is 3.35. The first-order valence-corrected chi connectivity index (χ1v) is 20.9. The van der Waals surface area contributed by atoms with Gasteiger partial charge in [0.15, 0.2) is 6.23 Å². The molecule has 1 aromatic heterocycles. The number of imide groups is 1. The number of aryl methyl sites for hydroxylation is 1. The molecule has 304 valence electrons. The zero-order valence-corrected chi connectivity index (χ0v) is 33.5. The third-order valence-electron chi connectivity index (χ3n) is 10.4. The van der Waals surface area contributed by atoms with Crippen molar-refractivity contribution in [2.24, 2.45) is 5.73 Å². The lowest BCUT2D eigenvalue weighted by Crippen LogP contribution is -2.53. The van der Waals surface area contributed by atoms with Crippen LogP contribution in [0.15, 0.2) is 70.2 Å². The summed E-state index contributed by atoms with van der Waals surface area (Å²) in [5.41, 5.74) is 6.83. The average Bonchev–Trinajstić information content (AvgIpc) is 3.41. The van der Waals surface area contributed by atoms with Gasteiger partial charge in [0.25, 0.3) is 11.8 Å². The average molecular weight is 880 g/mol. The first-order valence-electron chi connectivity index (χ1n) is 18.6. The topological polar surface area (TPSA) is 235 Å². The van der Waals surface area contributed by atoms with E-state index in [1.54, 1.807) is 37.3 Å². The molecule has 3 aliphatic rings. The van der Waals surface area contributed by atoms with Crippen LogP contribution >= 0.6 is 15.9 Å². The molecule has 1 saturated heterocycles. The summed E-state index contributed by atoms with van der Waals surface area (Å²) in [4.78, 5) is 59.5. The highest BCUT2D eigenvalue weighted by Gasteiger charge is 2.46. The van der Waals surface area contributed by atoms with Gasteiger partial charge in [0.1, 0.15) is 23.4 Å². The minimum Gasteiger partial charge on any atom is -0.490 e. The molecular formula is C39H40BrFN8O8S. The number of carbonyl (C=O) groups excluding carboxylic acids is 4.